The van der Waals surface area contributed by atoms with Gasteiger partial charge in [-0.1, -0.05) is 30.3 Å². The number of carbonyl (C=O) groups excluding carboxylic acids is 1. The van der Waals surface area contributed by atoms with Crippen molar-refractivity contribution in [2.45, 2.75) is 53.3 Å². The van der Waals surface area contributed by atoms with Gasteiger partial charge in [-0.15, -0.1) is 0 Å². The zero-order chi connectivity index (χ0) is 22.0. The van der Waals surface area contributed by atoms with E-state index in [0.717, 1.165) is 46.0 Å². The number of aromatic nitrogens is 2. The second kappa shape index (κ2) is 8.84. The van der Waals surface area contributed by atoms with E-state index in [1.807, 2.05) is 55.8 Å². The third kappa shape index (κ3) is 4.43. The van der Waals surface area contributed by atoms with Crippen molar-refractivity contribution >= 4 is 5.91 Å². The molecule has 1 atom stereocenters. The Balaban J connectivity index is 1.51. The number of carbonyl (C=O) groups is 1. The van der Waals surface area contributed by atoms with Crippen molar-refractivity contribution in [2.75, 3.05) is 6.61 Å². The second-order valence-corrected chi connectivity index (χ2v) is 8.01. The van der Waals surface area contributed by atoms with Crippen LogP contribution in [0.15, 0.2) is 42.5 Å². The van der Waals surface area contributed by atoms with Crippen molar-refractivity contribution in [3.05, 3.63) is 76.1 Å². The van der Waals surface area contributed by atoms with Gasteiger partial charge in [0.15, 0.2) is 0 Å². The van der Waals surface area contributed by atoms with E-state index < -0.39 is 0 Å². The molecule has 162 valence electrons. The van der Waals surface area contributed by atoms with Gasteiger partial charge in [-0.2, -0.15) is 5.10 Å². The summed E-state index contributed by atoms with van der Waals surface area (Å²) < 4.78 is 13.6. The van der Waals surface area contributed by atoms with E-state index >= 15 is 0 Å². The average molecular weight is 420 g/mol. The van der Waals surface area contributed by atoms with E-state index in [2.05, 4.69) is 29.5 Å². The molecule has 0 unspecified atom stereocenters. The number of benzene rings is 2. The molecule has 0 bridgehead atoms. The predicted molar refractivity (Wildman–Crippen MR) is 120 cm³/mol. The van der Waals surface area contributed by atoms with E-state index in [1.165, 1.54) is 0 Å². The number of amides is 1. The summed E-state index contributed by atoms with van der Waals surface area (Å²) in [5.74, 6) is 1.54. The van der Waals surface area contributed by atoms with Crippen LogP contribution in [0.1, 0.15) is 52.3 Å². The highest BCUT2D eigenvalue weighted by Gasteiger charge is 2.23. The summed E-state index contributed by atoms with van der Waals surface area (Å²) >= 11 is 0. The Kier molecular flexibility index (Phi) is 5.98. The van der Waals surface area contributed by atoms with Gasteiger partial charge in [0.25, 0.3) is 5.91 Å². The van der Waals surface area contributed by atoms with Crippen LogP contribution in [-0.2, 0) is 19.5 Å². The molecule has 0 saturated carbocycles. The van der Waals surface area contributed by atoms with Gasteiger partial charge in [0.05, 0.1) is 24.4 Å². The number of rotatable bonds is 7. The van der Waals surface area contributed by atoms with Gasteiger partial charge in [0.1, 0.15) is 17.6 Å². The maximum atomic E-state index is 13.0. The Morgan fingerprint density at radius 3 is 2.77 bits per heavy atom. The summed E-state index contributed by atoms with van der Waals surface area (Å²) in [5.41, 5.74) is 5.42. The van der Waals surface area contributed by atoms with Crippen molar-refractivity contribution in [3.8, 4) is 11.5 Å². The van der Waals surface area contributed by atoms with Gasteiger partial charge >= 0.3 is 0 Å². The predicted octanol–water partition coefficient (Wildman–Crippen LogP) is 4.20. The van der Waals surface area contributed by atoms with Crippen LogP contribution >= 0.6 is 0 Å². The van der Waals surface area contributed by atoms with Gasteiger partial charge in [0.2, 0.25) is 0 Å². The Morgan fingerprint density at radius 2 is 2.03 bits per heavy atom. The Hall–Kier alpha value is -3.28. The molecule has 6 nitrogen and oxygen atoms in total. The maximum absolute atomic E-state index is 13.0. The first-order chi connectivity index (χ1) is 15.0. The third-order valence-electron chi connectivity index (χ3n) is 5.60. The minimum Gasteiger partial charge on any atom is -0.494 e. The highest BCUT2D eigenvalue weighted by atomic mass is 16.5. The molecule has 4 rings (SSSR count). The van der Waals surface area contributed by atoms with Crippen LogP contribution in [0.25, 0.3) is 0 Å². The summed E-state index contributed by atoms with van der Waals surface area (Å²) in [4.78, 5) is 13.0. The molecule has 0 radical (unpaired) electrons. The fourth-order valence-electron chi connectivity index (χ4n) is 4.11. The SMILES string of the molecule is CCOc1cc2c(cc1CNC(=O)c1c(C)nn(Cc3ccccc3)c1C)O[C@H](C)C2. The molecular weight excluding hydrogens is 390 g/mol. The molecule has 0 spiro atoms. The van der Waals surface area contributed by atoms with Crippen molar-refractivity contribution in [2.24, 2.45) is 0 Å². The first-order valence-electron chi connectivity index (χ1n) is 10.8. The van der Waals surface area contributed by atoms with E-state index in [-0.39, 0.29) is 12.0 Å². The number of fused-ring (bicyclic) bond motifs is 1. The first kappa shape index (κ1) is 21.0. The van der Waals surface area contributed by atoms with Crippen LogP contribution in [0.3, 0.4) is 0 Å². The van der Waals surface area contributed by atoms with Crippen LogP contribution < -0.4 is 14.8 Å². The normalized spacial score (nSPS) is 14.8. The number of ether oxygens (including phenoxy) is 2. The zero-order valence-electron chi connectivity index (χ0n) is 18.6. The zero-order valence-corrected chi connectivity index (χ0v) is 18.6. The molecule has 1 aromatic heterocycles. The number of aryl methyl sites for hydroxylation is 1. The average Bonchev–Trinajstić information content (AvgIpc) is 3.24. The van der Waals surface area contributed by atoms with Crippen molar-refractivity contribution in [1.82, 2.24) is 15.1 Å². The van der Waals surface area contributed by atoms with Crippen LogP contribution in [0, 0.1) is 13.8 Å². The van der Waals surface area contributed by atoms with Crippen molar-refractivity contribution in [3.63, 3.8) is 0 Å². The molecule has 1 aliphatic heterocycles. The van der Waals surface area contributed by atoms with Crippen molar-refractivity contribution < 1.29 is 14.3 Å². The molecule has 6 heteroatoms. The lowest BCUT2D eigenvalue weighted by Crippen LogP contribution is -2.24. The summed E-state index contributed by atoms with van der Waals surface area (Å²) in [5, 5.41) is 7.64. The molecule has 31 heavy (non-hydrogen) atoms. The Morgan fingerprint density at radius 1 is 1.26 bits per heavy atom. The molecular formula is C25H29N3O3. The van der Waals surface area contributed by atoms with E-state index in [0.29, 0.717) is 25.3 Å². The minimum atomic E-state index is -0.133. The molecule has 1 aliphatic rings. The quantitative estimate of drug-likeness (QED) is 0.623. The van der Waals surface area contributed by atoms with Crippen LogP contribution in [0.4, 0.5) is 0 Å². The Bertz CT molecular complexity index is 1090. The van der Waals surface area contributed by atoms with Crippen LogP contribution in [0.5, 0.6) is 11.5 Å². The van der Waals surface area contributed by atoms with Gasteiger partial charge in [-0.25, -0.2) is 0 Å². The number of nitrogens with one attached hydrogen (secondary N) is 1. The summed E-state index contributed by atoms with van der Waals surface area (Å²) in [7, 11) is 0. The number of hydrogen-bond acceptors (Lipinski definition) is 4. The van der Waals surface area contributed by atoms with Gasteiger partial charge in [-0.05, 0) is 45.4 Å². The maximum Gasteiger partial charge on any atom is 0.255 e. The smallest absolute Gasteiger partial charge is 0.255 e. The fourth-order valence-corrected chi connectivity index (χ4v) is 4.11. The fraction of sp³-hybridized carbons (Fsp3) is 0.360. The monoisotopic (exact) mass is 419 g/mol. The highest BCUT2D eigenvalue weighted by Crippen LogP contribution is 2.35. The summed E-state index contributed by atoms with van der Waals surface area (Å²) in [6.45, 7) is 9.40. The lowest BCUT2D eigenvalue weighted by Gasteiger charge is -2.13. The standard InChI is InChI=1S/C25H29N3O3/c1-5-30-22-12-20-11-16(2)31-23(20)13-21(22)14-26-25(29)24-17(3)27-28(18(24)4)15-19-9-7-6-8-10-19/h6-10,12-13,16H,5,11,14-15H2,1-4H3,(H,26,29)/t16-/m1/s1. The number of hydrogen-bond donors (Lipinski definition) is 1. The van der Waals surface area contributed by atoms with Gasteiger partial charge in [0, 0.05) is 29.8 Å². The molecule has 0 saturated heterocycles. The van der Waals surface area contributed by atoms with Crippen molar-refractivity contribution in [1.29, 1.82) is 0 Å². The van der Waals surface area contributed by atoms with E-state index in [9.17, 15) is 4.79 Å². The molecule has 1 amide bonds. The summed E-state index contributed by atoms with van der Waals surface area (Å²) in [6, 6.07) is 14.1. The van der Waals surface area contributed by atoms with E-state index in [4.69, 9.17) is 9.47 Å². The third-order valence-corrected chi connectivity index (χ3v) is 5.60. The first-order valence-corrected chi connectivity index (χ1v) is 10.8. The van der Waals surface area contributed by atoms with Crippen LogP contribution in [-0.4, -0.2) is 28.4 Å². The molecule has 2 heterocycles. The molecule has 0 fully saturated rings. The Labute approximate surface area is 183 Å². The molecule has 1 N–H and O–H groups in total. The molecule has 2 aromatic carbocycles. The van der Waals surface area contributed by atoms with Gasteiger partial charge in [-0.3, -0.25) is 9.48 Å². The molecule has 0 aliphatic carbocycles. The van der Waals surface area contributed by atoms with Gasteiger partial charge < -0.3 is 14.8 Å². The largest absolute Gasteiger partial charge is 0.494 e. The topological polar surface area (TPSA) is 65.4 Å². The number of nitrogens with zero attached hydrogens (tertiary/aromatic N) is 2. The summed E-state index contributed by atoms with van der Waals surface area (Å²) in [6.07, 6.45) is 1.04. The lowest BCUT2D eigenvalue weighted by atomic mass is 10.1. The van der Waals surface area contributed by atoms with Crippen LogP contribution in [0.2, 0.25) is 0 Å². The second-order valence-electron chi connectivity index (χ2n) is 8.01. The lowest BCUT2D eigenvalue weighted by molar-refractivity contribution is 0.0949. The highest BCUT2D eigenvalue weighted by molar-refractivity contribution is 5.96. The molecule has 3 aromatic rings. The van der Waals surface area contributed by atoms with E-state index in [1.54, 1.807) is 0 Å². The minimum absolute atomic E-state index is 0.133.